The van der Waals surface area contributed by atoms with Gasteiger partial charge in [0.2, 0.25) is 0 Å². The van der Waals surface area contributed by atoms with Crippen LogP contribution in [0.2, 0.25) is 0 Å². The molecule has 0 unspecified atom stereocenters. The highest BCUT2D eigenvalue weighted by atomic mass is 16.1. The Kier molecular flexibility index (Phi) is 4.67. The Balaban J connectivity index is 2.01. The summed E-state index contributed by atoms with van der Waals surface area (Å²) in [5, 5.41) is 12.3. The number of aromatic nitrogens is 3. The average Bonchev–Trinajstić information content (AvgIpc) is 2.96. The smallest absolute Gasteiger partial charge is 0.161 e. The van der Waals surface area contributed by atoms with Crippen LogP contribution in [0.15, 0.2) is 24.8 Å². The summed E-state index contributed by atoms with van der Waals surface area (Å²) in [6.07, 6.45) is 6.30. The fourth-order valence-corrected chi connectivity index (χ4v) is 2.07. The second kappa shape index (κ2) is 6.66. The zero-order valence-corrected chi connectivity index (χ0v) is 12.1. The molecule has 0 saturated heterocycles. The maximum Gasteiger partial charge on any atom is 0.161 e. The lowest BCUT2D eigenvalue weighted by molar-refractivity contribution is 0.101. The summed E-state index contributed by atoms with van der Waals surface area (Å²) in [4.78, 5) is 19.8. The van der Waals surface area contributed by atoms with Crippen molar-refractivity contribution in [3.63, 3.8) is 0 Å². The topological polar surface area (TPSA) is 83.6 Å². The number of nitrogens with one attached hydrogen (secondary N) is 1. The van der Waals surface area contributed by atoms with E-state index in [9.17, 15) is 4.79 Å². The van der Waals surface area contributed by atoms with Crippen molar-refractivity contribution >= 4 is 11.6 Å². The number of hydrogen-bond donors (Lipinski definition) is 1. The fraction of sp³-hybridized carbons (Fsp3) is 0.333. The summed E-state index contributed by atoms with van der Waals surface area (Å²) in [5.74, 6) is 0.453. The number of nitrogens with zero attached hydrogens (tertiary/aromatic N) is 4. The highest BCUT2D eigenvalue weighted by molar-refractivity contribution is 5.95. The molecule has 1 N–H and O–H groups in total. The maximum absolute atomic E-state index is 11.5. The van der Waals surface area contributed by atoms with Gasteiger partial charge in [-0.3, -0.25) is 4.79 Å². The van der Waals surface area contributed by atoms with E-state index in [1.165, 1.54) is 6.92 Å². The number of carbonyl (C=O) groups is 1. The summed E-state index contributed by atoms with van der Waals surface area (Å²) >= 11 is 0. The minimum Gasteiger partial charge on any atom is -0.369 e. The largest absolute Gasteiger partial charge is 0.369 e. The Bertz CT molecular complexity index is 670. The van der Waals surface area contributed by atoms with Gasteiger partial charge in [-0.15, -0.1) is 0 Å². The molecule has 0 aliphatic carbocycles. The van der Waals surface area contributed by atoms with Gasteiger partial charge in [0.15, 0.2) is 5.78 Å². The summed E-state index contributed by atoms with van der Waals surface area (Å²) in [5.41, 5.74) is 1.53. The molecule has 0 aliphatic rings. The molecular weight excluding hydrogens is 266 g/mol. The third-order valence-electron chi connectivity index (χ3n) is 3.16. The van der Waals surface area contributed by atoms with Gasteiger partial charge < -0.3 is 9.88 Å². The number of nitriles is 1. The number of hydrogen-bond acceptors (Lipinski definition) is 5. The number of carbonyl (C=O) groups excluding carboxylic acids is 1. The molecule has 0 bridgehead atoms. The zero-order valence-electron chi connectivity index (χ0n) is 12.1. The van der Waals surface area contributed by atoms with E-state index in [-0.39, 0.29) is 5.78 Å². The second-order valence-electron chi connectivity index (χ2n) is 4.77. The van der Waals surface area contributed by atoms with Crippen LogP contribution in [-0.4, -0.2) is 26.9 Å². The summed E-state index contributed by atoms with van der Waals surface area (Å²) in [6, 6.07) is 3.68. The molecule has 6 nitrogen and oxygen atoms in total. The van der Waals surface area contributed by atoms with Crippen LogP contribution in [0.25, 0.3) is 0 Å². The van der Waals surface area contributed by atoms with E-state index < -0.39 is 0 Å². The van der Waals surface area contributed by atoms with E-state index in [0.717, 1.165) is 13.0 Å². The van der Waals surface area contributed by atoms with Crippen molar-refractivity contribution in [3.8, 4) is 6.07 Å². The number of aryl methyl sites for hydroxylation is 2. The van der Waals surface area contributed by atoms with Crippen LogP contribution in [-0.2, 0) is 6.54 Å². The van der Waals surface area contributed by atoms with E-state index in [1.54, 1.807) is 25.5 Å². The van der Waals surface area contributed by atoms with Gasteiger partial charge in [0.05, 0.1) is 17.6 Å². The molecular formula is C15H17N5O. The predicted octanol–water partition coefficient (Wildman–Crippen LogP) is 2.16. The molecule has 2 heterocycles. The molecule has 2 aromatic heterocycles. The van der Waals surface area contributed by atoms with E-state index in [1.807, 2.05) is 10.8 Å². The van der Waals surface area contributed by atoms with E-state index >= 15 is 0 Å². The summed E-state index contributed by atoms with van der Waals surface area (Å²) in [6.45, 7) is 4.79. The Hall–Kier alpha value is -2.68. The third-order valence-corrected chi connectivity index (χ3v) is 3.16. The first-order valence-corrected chi connectivity index (χ1v) is 6.74. The first-order chi connectivity index (χ1) is 10.1. The first kappa shape index (κ1) is 14.7. The molecule has 108 valence electrons. The van der Waals surface area contributed by atoms with Gasteiger partial charge in [-0.1, -0.05) is 0 Å². The van der Waals surface area contributed by atoms with Gasteiger partial charge in [0, 0.05) is 31.0 Å². The minimum atomic E-state index is -0.0804. The number of Topliss-reactive ketones (excluding diaryl/α,β-unsaturated/α-hetero) is 1. The monoisotopic (exact) mass is 283 g/mol. The average molecular weight is 283 g/mol. The van der Waals surface area contributed by atoms with Crippen molar-refractivity contribution in [1.82, 2.24) is 14.5 Å². The Labute approximate surface area is 123 Å². The molecule has 0 fully saturated rings. The van der Waals surface area contributed by atoms with Crippen LogP contribution in [0.3, 0.4) is 0 Å². The van der Waals surface area contributed by atoms with Crippen LogP contribution < -0.4 is 5.32 Å². The van der Waals surface area contributed by atoms with Crippen LogP contribution in [0, 0.1) is 18.3 Å². The summed E-state index contributed by atoms with van der Waals surface area (Å²) < 4.78 is 1.99. The fourth-order valence-electron chi connectivity index (χ4n) is 2.07. The normalized spacial score (nSPS) is 10.1. The lowest BCUT2D eigenvalue weighted by Crippen LogP contribution is -2.10. The maximum atomic E-state index is 11.5. The van der Waals surface area contributed by atoms with Gasteiger partial charge in [-0.2, -0.15) is 5.26 Å². The molecule has 0 saturated carbocycles. The van der Waals surface area contributed by atoms with Crippen LogP contribution in [0.5, 0.6) is 0 Å². The lowest BCUT2D eigenvalue weighted by Gasteiger charge is -2.10. The Morgan fingerprint density at radius 1 is 1.52 bits per heavy atom. The molecule has 2 aromatic rings. The van der Waals surface area contributed by atoms with Gasteiger partial charge in [0.1, 0.15) is 11.9 Å². The van der Waals surface area contributed by atoms with E-state index in [4.69, 9.17) is 5.26 Å². The van der Waals surface area contributed by atoms with Crippen molar-refractivity contribution in [2.45, 2.75) is 26.8 Å². The molecule has 0 aliphatic heterocycles. The quantitative estimate of drug-likeness (QED) is 0.648. The minimum absolute atomic E-state index is 0.0804. The molecule has 0 radical (unpaired) electrons. The second-order valence-corrected chi connectivity index (χ2v) is 4.77. The molecule has 0 aromatic carbocycles. The Morgan fingerprint density at radius 2 is 2.33 bits per heavy atom. The van der Waals surface area contributed by atoms with Gasteiger partial charge in [-0.25, -0.2) is 9.97 Å². The first-order valence-electron chi connectivity index (χ1n) is 6.74. The number of anilines is 1. The molecule has 2 rings (SSSR count). The van der Waals surface area contributed by atoms with Crippen LogP contribution >= 0.6 is 0 Å². The van der Waals surface area contributed by atoms with Crippen molar-refractivity contribution in [3.05, 3.63) is 41.6 Å². The third kappa shape index (κ3) is 3.66. The van der Waals surface area contributed by atoms with Crippen molar-refractivity contribution in [2.75, 3.05) is 11.9 Å². The van der Waals surface area contributed by atoms with Crippen LogP contribution in [0.1, 0.15) is 35.0 Å². The molecule has 0 spiro atoms. The van der Waals surface area contributed by atoms with Gasteiger partial charge in [-0.05, 0) is 26.3 Å². The summed E-state index contributed by atoms with van der Waals surface area (Å²) in [7, 11) is 0. The highest BCUT2D eigenvalue weighted by Crippen LogP contribution is 2.17. The van der Waals surface area contributed by atoms with E-state index in [2.05, 4.69) is 21.4 Å². The van der Waals surface area contributed by atoms with Crippen molar-refractivity contribution in [1.29, 1.82) is 5.26 Å². The number of pyridine rings is 1. The standard InChI is InChI=1S/C15H17N5O/c1-11-14(12(2)21)8-13(9-16)15(19-11)18-4-3-6-20-7-5-17-10-20/h5,7-8,10H,3-4,6H2,1-2H3,(H,18,19). The van der Waals surface area contributed by atoms with Crippen LogP contribution in [0.4, 0.5) is 5.82 Å². The zero-order chi connectivity index (χ0) is 15.2. The number of imidazole rings is 1. The SMILES string of the molecule is CC(=O)c1cc(C#N)c(NCCCn2ccnc2)nc1C. The van der Waals surface area contributed by atoms with Crippen molar-refractivity contribution in [2.24, 2.45) is 0 Å². The van der Waals surface area contributed by atoms with Crippen molar-refractivity contribution < 1.29 is 4.79 Å². The van der Waals surface area contributed by atoms with Gasteiger partial charge >= 0.3 is 0 Å². The van der Waals surface area contributed by atoms with Gasteiger partial charge in [0.25, 0.3) is 0 Å². The Morgan fingerprint density at radius 3 is 2.95 bits per heavy atom. The predicted molar refractivity (Wildman–Crippen MR) is 79.0 cm³/mol. The number of ketones is 1. The van der Waals surface area contributed by atoms with E-state index in [0.29, 0.717) is 29.2 Å². The lowest BCUT2D eigenvalue weighted by atomic mass is 10.1. The highest BCUT2D eigenvalue weighted by Gasteiger charge is 2.11. The molecule has 21 heavy (non-hydrogen) atoms. The number of rotatable bonds is 6. The molecule has 0 amide bonds. The molecule has 0 atom stereocenters. The molecule has 6 heteroatoms.